The van der Waals surface area contributed by atoms with Gasteiger partial charge in [0.2, 0.25) is 11.8 Å². The molecular formula is C14H20ClN3O2. The first-order chi connectivity index (χ1) is 9.19. The summed E-state index contributed by atoms with van der Waals surface area (Å²) in [5.41, 5.74) is 6.46. The minimum atomic E-state index is -0.314. The van der Waals surface area contributed by atoms with Gasteiger partial charge in [-0.1, -0.05) is 30.3 Å². The van der Waals surface area contributed by atoms with Gasteiger partial charge in [0.05, 0.1) is 13.1 Å². The third kappa shape index (κ3) is 4.51. The number of hydrogen-bond acceptors (Lipinski definition) is 3. The molecule has 2 amide bonds. The largest absolute Gasteiger partial charge is 0.352 e. The normalized spacial score (nSPS) is 20.2. The standard InChI is InChI=1S/C14H19N3O2.ClH/c15-8-13(18)16-9-14(19)17-12-6-11(7-12)10-4-2-1-3-5-10;/h1-5,11-12H,6-9,15H2,(H,16,18)(H,17,19);1H. The fourth-order valence-electron chi connectivity index (χ4n) is 2.26. The number of rotatable bonds is 5. The van der Waals surface area contributed by atoms with Crippen molar-refractivity contribution in [1.82, 2.24) is 10.6 Å². The van der Waals surface area contributed by atoms with Gasteiger partial charge in [-0.2, -0.15) is 0 Å². The van der Waals surface area contributed by atoms with Crippen molar-refractivity contribution < 1.29 is 9.59 Å². The molecule has 1 aliphatic rings. The van der Waals surface area contributed by atoms with Crippen LogP contribution in [0.3, 0.4) is 0 Å². The average molecular weight is 298 g/mol. The van der Waals surface area contributed by atoms with Gasteiger partial charge in [0, 0.05) is 6.04 Å². The Hall–Kier alpha value is -1.59. The molecule has 5 nitrogen and oxygen atoms in total. The van der Waals surface area contributed by atoms with Gasteiger partial charge in [-0.05, 0) is 24.3 Å². The molecule has 1 aromatic carbocycles. The number of nitrogens with two attached hydrogens (primary N) is 1. The summed E-state index contributed by atoms with van der Waals surface area (Å²) in [7, 11) is 0. The third-order valence-electron chi connectivity index (χ3n) is 3.41. The van der Waals surface area contributed by atoms with Crippen LogP contribution in [0.5, 0.6) is 0 Å². The molecule has 20 heavy (non-hydrogen) atoms. The number of carbonyl (C=O) groups excluding carboxylic acids is 2. The summed E-state index contributed by atoms with van der Waals surface area (Å²) < 4.78 is 0. The molecule has 1 aliphatic carbocycles. The lowest BCUT2D eigenvalue weighted by Crippen LogP contribution is -2.47. The molecule has 0 saturated heterocycles. The van der Waals surface area contributed by atoms with Gasteiger partial charge in [0.1, 0.15) is 0 Å². The summed E-state index contributed by atoms with van der Waals surface area (Å²) >= 11 is 0. The number of halogens is 1. The van der Waals surface area contributed by atoms with E-state index in [4.69, 9.17) is 5.73 Å². The first kappa shape index (κ1) is 16.5. The Balaban J connectivity index is 0.00000200. The number of amides is 2. The maximum atomic E-state index is 11.5. The molecule has 4 N–H and O–H groups in total. The van der Waals surface area contributed by atoms with Crippen molar-refractivity contribution in [1.29, 1.82) is 0 Å². The fraction of sp³-hybridized carbons (Fsp3) is 0.429. The summed E-state index contributed by atoms with van der Waals surface area (Å²) in [5, 5.41) is 5.35. The van der Waals surface area contributed by atoms with Crippen LogP contribution in [0.15, 0.2) is 30.3 Å². The van der Waals surface area contributed by atoms with E-state index < -0.39 is 0 Å². The Kier molecular flexibility index (Phi) is 6.48. The van der Waals surface area contributed by atoms with Crippen molar-refractivity contribution in [2.45, 2.75) is 24.8 Å². The second kappa shape index (κ2) is 7.87. The molecule has 110 valence electrons. The van der Waals surface area contributed by atoms with Gasteiger partial charge in [0.25, 0.3) is 0 Å². The van der Waals surface area contributed by atoms with E-state index in [1.165, 1.54) is 5.56 Å². The number of carbonyl (C=O) groups is 2. The molecule has 0 bridgehead atoms. The van der Waals surface area contributed by atoms with E-state index in [-0.39, 0.29) is 43.4 Å². The Morgan fingerprint density at radius 2 is 1.80 bits per heavy atom. The van der Waals surface area contributed by atoms with Gasteiger partial charge >= 0.3 is 0 Å². The van der Waals surface area contributed by atoms with Crippen molar-refractivity contribution in [3.63, 3.8) is 0 Å². The second-order valence-electron chi connectivity index (χ2n) is 4.82. The average Bonchev–Trinajstić information content (AvgIpc) is 2.40. The monoisotopic (exact) mass is 297 g/mol. The highest BCUT2D eigenvalue weighted by Crippen LogP contribution is 2.36. The maximum Gasteiger partial charge on any atom is 0.239 e. The summed E-state index contributed by atoms with van der Waals surface area (Å²) in [4.78, 5) is 22.4. The Morgan fingerprint density at radius 3 is 2.40 bits per heavy atom. The summed E-state index contributed by atoms with van der Waals surface area (Å²) in [6.45, 7) is -0.0880. The molecule has 0 aliphatic heterocycles. The molecule has 0 unspecified atom stereocenters. The number of hydrogen-bond donors (Lipinski definition) is 3. The first-order valence-electron chi connectivity index (χ1n) is 6.50. The van der Waals surface area contributed by atoms with Crippen LogP contribution in [0.2, 0.25) is 0 Å². The second-order valence-corrected chi connectivity index (χ2v) is 4.82. The van der Waals surface area contributed by atoms with E-state index in [1.807, 2.05) is 18.2 Å². The topological polar surface area (TPSA) is 84.2 Å². The Labute approximate surface area is 124 Å². The van der Waals surface area contributed by atoms with Crippen molar-refractivity contribution in [3.05, 3.63) is 35.9 Å². The number of benzene rings is 1. The van der Waals surface area contributed by atoms with E-state index in [0.29, 0.717) is 5.92 Å². The maximum absolute atomic E-state index is 11.5. The number of nitrogens with one attached hydrogen (secondary N) is 2. The van der Waals surface area contributed by atoms with Crippen LogP contribution < -0.4 is 16.4 Å². The molecule has 0 atom stereocenters. The zero-order chi connectivity index (χ0) is 13.7. The first-order valence-corrected chi connectivity index (χ1v) is 6.50. The van der Waals surface area contributed by atoms with Crippen LogP contribution in [-0.2, 0) is 9.59 Å². The molecule has 2 rings (SSSR count). The van der Waals surface area contributed by atoms with Gasteiger partial charge in [0.15, 0.2) is 0 Å². The Morgan fingerprint density at radius 1 is 1.15 bits per heavy atom. The molecule has 0 spiro atoms. The molecule has 1 aromatic rings. The molecule has 1 fully saturated rings. The Bertz CT molecular complexity index is 447. The highest BCUT2D eigenvalue weighted by molar-refractivity contribution is 5.85. The zero-order valence-electron chi connectivity index (χ0n) is 11.2. The highest BCUT2D eigenvalue weighted by Gasteiger charge is 2.30. The van der Waals surface area contributed by atoms with E-state index >= 15 is 0 Å². The van der Waals surface area contributed by atoms with Crippen LogP contribution in [0.1, 0.15) is 24.3 Å². The summed E-state index contributed by atoms with van der Waals surface area (Å²) in [6, 6.07) is 10.5. The molecule has 0 aromatic heterocycles. The predicted octanol–water partition coefficient (Wildman–Crippen LogP) is 0.546. The lowest BCUT2D eigenvalue weighted by Gasteiger charge is -2.36. The van der Waals surface area contributed by atoms with Crippen LogP contribution in [-0.4, -0.2) is 30.9 Å². The van der Waals surface area contributed by atoms with Crippen molar-refractivity contribution in [3.8, 4) is 0 Å². The minimum absolute atomic E-state index is 0. The zero-order valence-corrected chi connectivity index (χ0v) is 12.0. The van der Waals surface area contributed by atoms with Crippen LogP contribution >= 0.6 is 12.4 Å². The van der Waals surface area contributed by atoms with Crippen molar-refractivity contribution >= 4 is 24.2 Å². The third-order valence-corrected chi connectivity index (χ3v) is 3.41. The van der Waals surface area contributed by atoms with Crippen LogP contribution in [0.4, 0.5) is 0 Å². The minimum Gasteiger partial charge on any atom is -0.352 e. The van der Waals surface area contributed by atoms with E-state index in [9.17, 15) is 9.59 Å². The van der Waals surface area contributed by atoms with E-state index in [0.717, 1.165) is 12.8 Å². The molecular weight excluding hydrogens is 278 g/mol. The SMILES string of the molecule is Cl.NCC(=O)NCC(=O)NC1CC(c2ccccc2)C1. The predicted molar refractivity (Wildman–Crippen MR) is 79.7 cm³/mol. The smallest absolute Gasteiger partial charge is 0.239 e. The summed E-state index contributed by atoms with van der Waals surface area (Å²) in [6.07, 6.45) is 1.92. The van der Waals surface area contributed by atoms with Gasteiger partial charge in [-0.25, -0.2) is 0 Å². The van der Waals surface area contributed by atoms with Gasteiger partial charge < -0.3 is 16.4 Å². The lowest BCUT2D eigenvalue weighted by atomic mass is 9.76. The van der Waals surface area contributed by atoms with Crippen LogP contribution in [0, 0.1) is 0 Å². The molecule has 1 saturated carbocycles. The summed E-state index contributed by atoms with van der Waals surface area (Å²) in [5.74, 6) is 0.0642. The van der Waals surface area contributed by atoms with Crippen LogP contribution in [0.25, 0.3) is 0 Å². The van der Waals surface area contributed by atoms with Gasteiger partial charge in [-0.3, -0.25) is 9.59 Å². The highest BCUT2D eigenvalue weighted by atomic mass is 35.5. The van der Waals surface area contributed by atoms with E-state index in [1.54, 1.807) is 0 Å². The van der Waals surface area contributed by atoms with Crippen molar-refractivity contribution in [2.75, 3.05) is 13.1 Å². The van der Waals surface area contributed by atoms with Gasteiger partial charge in [-0.15, -0.1) is 12.4 Å². The van der Waals surface area contributed by atoms with E-state index in [2.05, 4.69) is 22.8 Å². The molecule has 6 heteroatoms. The van der Waals surface area contributed by atoms with Crippen molar-refractivity contribution in [2.24, 2.45) is 5.73 Å². The lowest BCUT2D eigenvalue weighted by molar-refractivity contribution is -0.126. The molecule has 0 radical (unpaired) electrons. The quantitative estimate of drug-likeness (QED) is 0.742. The molecule has 0 heterocycles. The fourth-order valence-corrected chi connectivity index (χ4v) is 2.26.